The van der Waals surface area contributed by atoms with Crippen molar-refractivity contribution in [2.45, 2.75) is 44.1 Å². The van der Waals surface area contributed by atoms with Gasteiger partial charge in [0.25, 0.3) is 0 Å². The molecular formula is C10H15N. The first-order valence-electron chi connectivity index (χ1n) is 4.57. The molecular weight excluding hydrogens is 134 g/mol. The standard InChI is InChI=1S/C10H15N/c1-2-11-10-6-3-4-9(8-10)5-7-10/h1,9,11H,3-8H2/t9-,10+/m1/s1. The minimum absolute atomic E-state index is 0.359. The van der Waals surface area contributed by atoms with E-state index in [-0.39, 0.29) is 0 Å². The summed E-state index contributed by atoms with van der Waals surface area (Å²) in [6, 6.07) is 2.61. The zero-order valence-electron chi connectivity index (χ0n) is 6.90. The number of fused-ring (bicyclic) bond motifs is 2. The van der Waals surface area contributed by atoms with Crippen LogP contribution in [0.25, 0.3) is 0 Å². The predicted octanol–water partition coefficient (Wildman–Crippen LogP) is 1.89. The zero-order valence-corrected chi connectivity index (χ0v) is 6.90. The number of nitrogens with one attached hydrogen (secondary N) is 1. The Balaban J connectivity index is 2.08. The first-order valence-corrected chi connectivity index (χ1v) is 4.57. The second kappa shape index (κ2) is 2.44. The van der Waals surface area contributed by atoms with Gasteiger partial charge in [-0.15, -0.1) is 0 Å². The third kappa shape index (κ3) is 1.11. The second-order valence-electron chi connectivity index (χ2n) is 4.05. The average Bonchev–Trinajstić information content (AvgIpc) is 2.28. The van der Waals surface area contributed by atoms with E-state index in [2.05, 4.69) is 11.4 Å². The van der Waals surface area contributed by atoms with E-state index in [0.29, 0.717) is 5.54 Å². The van der Waals surface area contributed by atoms with Crippen LogP contribution in [0.3, 0.4) is 0 Å². The van der Waals surface area contributed by atoms with E-state index in [0.717, 1.165) is 5.92 Å². The lowest BCUT2D eigenvalue weighted by molar-refractivity contribution is 0.277. The number of rotatable bonds is 1. The summed E-state index contributed by atoms with van der Waals surface area (Å²) >= 11 is 0. The summed E-state index contributed by atoms with van der Waals surface area (Å²) in [4.78, 5) is 0. The van der Waals surface area contributed by atoms with Crippen molar-refractivity contribution in [3.63, 3.8) is 0 Å². The molecule has 0 saturated heterocycles. The van der Waals surface area contributed by atoms with Crippen molar-refractivity contribution in [3.8, 4) is 12.5 Å². The van der Waals surface area contributed by atoms with Crippen LogP contribution in [-0.4, -0.2) is 5.54 Å². The molecule has 0 unspecified atom stereocenters. The van der Waals surface area contributed by atoms with Gasteiger partial charge in [0, 0.05) is 11.6 Å². The van der Waals surface area contributed by atoms with Crippen LogP contribution >= 0.6 is 0 Å². The summed E-state index contributed by atoms with van der Waals surface area (Å²) in [5.74, 6) is 0.976. The van der Waals surface area contributed by atoms with Crippen LogP contribution < -0.4 is 5.32 Å². The Morgan fingerprint density at radius 1 is 1.36 bits per heavy atom. The Morgan fingerprint density at radius 3 is 3.09 bits per heavy atom. The molecule has 1 N–H and O–H groups in total. The largest absolute Gasteiger partial charge is 0.340 e. The lowest BCUT2D eigenvalue weighted by Crippen LogP contribution is -2.41. The van der Waals surface area contributed by atoms with E-state index in [1.807, 2.05) is 0 Å². The van der Waals surface area contributed by atoms with Gasteiger partial charge in [-0.3, -0.25) is 0 Å². The maximum Gasteiger partial charge on any atom is 0.0452 e. The normalized spacial score (nSPS) is 41.5. The Hall–Kier alpha value is -0.640. The summed E-state index contributed by atoms with van der Waals surface area (Å²) in [6.45, 7) is 0. The Morgan fingerprint density at radius 2 is 2.27 bits per heavy atom. The van der Waals surface area contributed by atoms with Crippen molar-refractivity contribution in [2.75, 3.05) is 0 Å². The van der Waals surface area contributed by atoms with E-state index < -0.39 is 0 Å². The van der Waals surface area contributed by atoms with E-state index in [4.69, 9.17) is 6.42 Å². The molecule has 2 aliphatic carbocycles. The first kappa shape index (κ1) is 7.03. The molecule has 0 radical (unpaired) electrons. The smallest absolute Gasteiger partial charge is 0.0452 e. The van der Waals surface area contributed by atoms with Gasteiger partial charge < -0.3 is 5.32 Å². The summed E-state index contributed by atoms with van der Waals surface area (Å²) in [7, 11) is 0. The Labute approximate surface area is 68.6 Å². The fourth-order valence-corrected chi connectivity index (χ4v) is 2.77. The maximum atomic E-state index is 5.28. The molecule has 2 saturated carbocycles. The van der Waals surface area contributed by atoms with E-state index in [9.17, 15) is 0 Å². The van der Waals surface area contributed by atoms with Gasteiger partial charge in [-0.2, -0.15) is 0 Å². The van der Waals surface area contributed by atoms with Crippen molar-refractivity contribution in [2.24, 2.45) is 5.92 Å². The average molecular weight is 149 g/mol. The van der Waals surface area contributed by atoms with Crippen LogP contribution in [-0.2, 0) is 0 Å². The van der Waals surface area contributed by atoms with Crippen LogP contribution in [0, 0.1) is 18.4 Å². The molecule has 1 nitrogen and oxygen atoms in total. The van der Waals surface area contributed by atoms with Gasteiger partial charge in [-0.25, -0.2) is 0 Å². The van der Waals surface area contributed by atoms with Gasteiger partial charge in [-0.05, 0) is 31.6 Å². The SMILES string of the molecule is C#CN[C@@]12CCC[C@H](CC1)C2. The monoisotopic (exact) mass is 149 g/mol. The fourth-order valence-electron chi connectivity index (χ4n) is 2.77. The Kier molecular flexibility index (Phi) is 1.56. The highest BCUT2D eigenvalue weighted by Gasteiger charge is 2.41. The van der Waals surface area contributed by atoms with Gasteiger partial charge in [0.2, 0.25) is 0 Å². The molecule has 0 amide bonds. The van der Waals surface area contributed by atoms with E-state index in [1.165, 1.54) is 38.5 Å². The number of hydrogen-bond acceptors (Lipinski definition) is 1. The molecule has 11 heavy (non-hydrogen) atoms. The fraction of sp³-hybridized carbons (Fsp3) is 0.800. The molecule has 0 spiro atoms. The van der Waals surface area contributed by atoms with Gasteiger partial charge in [0.15, 0.2) is 0 Å². The second-order valence-corrected chi connectivity index (χ2v) is 4.05. The minimum atomic E-state index is 0.359. The van der Waals surface area contributed by atoms with Crippen LogP contribution in [0.15, 0.2) is 0 Å². The van der Waals surface area contributed by atoms with Crippen LogP contribution in [0.1, 0.15) is 38.5 Å². The summed E-state index contributed by atoms with van der Waals surface area (Å²) in [5, 5.41) is 3.22. The molecule has 60 valence electrons. The molecule has 0 aromatic rings. The van der Waals surface area contributed by atoms with E-state index in [1.54, 1.807) is 0 Å². The first-order chi connectivity index (χ1) is 5.35. The summed E-state index contributed by atoms with van der Waals surface area (Å²) in [6.07, 6.45) is 13.4. The molecule has 1 heteroatoms. The zero-order chi connectivity index (χ0) is 7.73. The molecule has 0 aromatic carbocycles. The highest BCUT2D eigenvalue weighted by atomic mass is 15.0. The quantitative estimate of drug-likeness (QED) is 0.443. The van der Waals surface area contributed by atoms with Gasteiger partial charge in [0.1, 0.15) is 0 Å². The third-order valence-corrected chi connectivity index (χ3v) is 3.32. The molecule has 0 heterocycles. The van der Waals surface area contributed by atoms with Crippen molar-refractivity contribution in [3.05, 3.63) is 0 Å². The molecule has 2 fully saturated rings. The molecule has 0 aromatic heterocycles. The van der Waals surface area contributed by atoms with Crippen molar-refractivity contribution in [1.29, 1.82) is 0 Å². The molecule has 2 rings (SSSR count). The van der Waals surface area contributed by atoms with Crippen molar-refractivity contribution < 1.29 is 0 Å². The van der Waals surface area contributed by atoms with Crippen LogP contribution in [0.2, 0.25) is 0 Å². The molecule has 2 aliphatic rings. The molecule has 0 aliphatic heterocycles. The lowest BCUT2D eigenvalue weighted by atomic mass is 9.83. The van der Waals surface area contributed by atoms with Crippen molar-refractivity contribution >= 4 is 0 Å². The van der Waals surface area contributed by atoms with Crippen LogP contribution in [0.5, 0.6) is 0 Å². The Bertz CT molecular complexity index is 188. The molecule has 2 bridgehead atoms. The van der Waals surface area contributed by atoms with Crippen LogP contribution in [0.4, 0.5) is 0 Å². The predicted molar refractivity (Wildman–Crippen MR) is 45.9 cm³/mol. The highest BCUT2D eigenvalue weighted by Crippen LogP contribution is 2.44. The number of terminal acetylenes is 1. The topological polar surface area (TPSA) is 12.0 Å². The van der Waals surface area contributed by atoms with E-state index >= 15 is 0 Å². The third-order valence-electron chi connectivity index (χ3n) is 3.32. The van der Waals surface area contributed by atoms with Gasteiger partial charge >= 0.3 is 0 Å². The van der Waals surface area contributed by atoms with Gasteiger partial charge in [-0.1, -0.05) is 19.3 Å². The summed E-state index contributed by atoms with van der Waals surface area (Å²) < 4.78 is 0. The lowest BCUT2D eigenvalue weighted by Gasteiger charge is -2.32. The minimum Gasteiger partial charge on any atom is -0.340 e. The maximum absolute atomic E-state index is 5.28. The summed E-state index contributed by atoms with van der Waals surface area (Å²) in [5.41, 5.74) is 0.359. The number of hydrogen-bond donors (Lipinski definition) is 1. The van der Waals surface area contributed by atoms with Crippen molar-refractivity contribution in [1.82, 2.24) is 5.32 Å². The molecule has 2 atom stereocenters. The highest BCUT2D eigenvalue weighted by molar-refractivity contribution is 5.04. The van der Waals surface area contributed by atoms with Gasteiger partial charge in [0.05, 0.1) is 0 Å².